The molecule has 0 spiro atoms. The molecule has 1 rings (SSSR count). The van der Waals surface area contributed by atoms with Crippen molar-refractivity contribution in [1.29, 1.82) is 0 Å². The van der Waals surface area contributed by atoms with Crippen LogP contribution in [-0.2, 0) is 13.3 Å². The first kappa shape index (κ1) is 14.0. The quantitative estimate of drug-likeness (QED) is 0.631. The van der Waals surface area contributed by atoms with Crippen LogP contribution in [0, 0.1) is 0 Å². The maximum Gasteiger partial charge on any atom is 0.483 e. The Kier molecular flexibility index (Phi) is 9.58. The first-order valence-electron chi connectivity index (χ1n) is 4.72. The van der Waals surface area contributed by atoms with Gasteiger partial charge in [0.15, 0.2) is 0 Å². The zero-order valence-corrected chi connectivity index (χ0v) is 10.7. The molecule has 1 N–H and O–H groups in total. The van der Waals surface area contributed by atoms with Gasteiger partial charge >= 0.3 is 9.53 Å². The fraction of sp³-hybridized carbons (Fsp3) is 1.00. The maximum absolute atomic E-state index is 4.74. The van der Waals surface area contributed by atoms with Crippen LogP contribution >= 0.6 is 0 Å². The van der Waals surface area contributed by atoms with Crippen molar-refractivity contribution in [3.63, 3.8) is 0 Å². The summed E-state index contributed by atoms with van der Waals surface area (Å²) in [7, 11) is 5.20. The highest BCUT2D eigenvalue weighted by atomic mass is 28.3. The third kappa shape index (κ3) is 7.42. The smallest absolute Gasteiger partial charge is 0.379 e. The van der Waals surface area contributed by atoms with Crippen molar-refractivity contribution in [3.8, 4) is 0 Å². The van der Waals surface area contributed by atoms with E-state index < -0.39 is 9.53 Å². The summed E-state index contributed by atoms with van der Waals surface area (Å²) < 4.78 is 14.2. The van der Waals surface area contributed by atoms with E-state index >= 15 is 0 Å². The summed E-state index contributed by atoms with van der Waals surface area (Å²) in [5, 5.41) is 3.27. The fourth-order valence-corrected chi connectivity index (χ4v) is 1.64. The standard InChI is InChI=1S/C5H12N2.C3H10O3Si/c1-7-4-2-6-3-5-7;1-4-7(5-2)6-3/h6H,2-5H2,1H3;7H,1-3H3. The number of hydrogen-bond acceptors (Lipinski definition) is 5. The Morgan fingerprint density at radius 1 is 1.00 bits per heavy atom. The molecule has 86 valence electrons. The highest BCUT2D eigenvalue weighted by Gasteiger charge is 2.05. The van der Waals surface area contributed by atoms with Gasteiger partial charge in [0.1, 0.15) is 0 Å². The van der Waals surface area contributed by atoms with Gasteiger partial charge in [0.05, 0.1) is 0 Å². The average Bonchev–Trinajstić information content (AvgIpc) is 2.22. The summed E-state index contributed by atoms with van der Waals surface area (Å²) in [4.78, 5) is 2.33. The largest absolute Gasteiger partial charge is 0.483 e. The molecule has 1 heterocycles. The van der Waals surface area contributed by atoms with Gasteiger partial charge in [-0.05, 0) is 7.05 Å². The molecule has 0 unspecified atom stereocenters. The first-order chi connectivity index (χ1) is 6.74. The molecule has 1 saturated heterocycles. The Morgan fingerprint density at radius 2 is 1.43 bits per heavy atom. The number of nitrogens with zero attached hydrogens (tertiary/aromatic N) is 1. The van der Waals surface area contributed by atoms with Crippen molar-refractivity contribution in [3.05, 3.63) is 0 Å². The average molecular weight is 222 g/mol. The topological polar surface area (TPSA) is 43.0 Å². The van der Waals surface area contributed by atoms with Crippen LogP contribution in [0.1, 0.15) is 0 Å². The van der Waals surface area contributed by atoms with Gasteiger partial charge in [-0.15, -0.1) is 0 Å². The van der Waals surface area contributed by atoms with Gasteiger partial charge in [-0.1, -0.05) is 0 Å². The molecule has 14 heavy (non-hydrogen) atoms. The van der Waals surface area contributed by atoms with E-state index in [-0.39, 0.29) is 0 Å². The van der Waals surface area contributed by atoms with Crippen molar-refractivity contribution < 1.29 is 13.3 Å². The van der Waals surface area contributed by atoms with E-state index in [0.29, 0.717) is 0 Å². The Morgan fingerprint density at radius 3 is 1.57 bits per heavy atom. The molecule has 0 atom stereocenters. The van der Waals surface area contributed by atoms with Crippen LogP contribution in [0.25, 0.3) is 0 Å². The molecular formula is C8H22N2O3Si. The molecule has 0 radical (unpaired) electrons. The first-order valence-corrected chi connectivity index (χ1v) is 6.13. The molecule has 5 nitrogen and oxygen atoms in total. The third-order valence-electron chi connectivity index (χ3n) is 1.92. The Balaban J connectivity index is 0.000000241. The van der Waals surface area contributed by atoms with E-state index in [2.05, 4.69) is 17.3 Å². The summed E-state index contributed by atoms with van der Waals surface area (Å²) in [5.41, 5.74) is 0. The third-order valence-corrected chi connectivity index (χ3v) is 3.07. The predicted molar refractivity (Wildman–Crippen MR) is 58.5 cm³/mol. The van der Waals surface area contributed by atoms with Gasteiger partial charge in [-0.25, -0.2) is 0 Å². The lowest BCUT2D eigenvalue weighted by molar-refractivity contribution is 0.163. The van der Waals surface area contributed by atoms with Crippen molar-refractivity contribution in [1.82, 2.24) is 10.2 Å². The molecule has 6 heteroatoms. The Bertz CT molecular complexity index is 114. The van der Waals surface area contributed by atoms with Gasteiger partial charge in [0.2, 0.25) is 0 Å². The Hall–Kier alpha value is 0.0169. The SMILES string of the molecule is CN1CCNCC1.CO[SiH](OC)OC. The summed E-state index contributed by atoms with van der Waals surface area (Å²) in [6.07, 6.45) is 0. The van der Waals surface area contributed by atoms with Crippen LogP contribution in [-0.4, -0.2) is 69.0 Å². The number of nitrogens with one attached hydrogen (secondary N) is 1. The van der Waals surface area contributed by atoms with Crippen LogP contribution in [0.3, 0.4) is 0 Å². The normalized spacial score (nSPS) is 17.8. The summed E-state index contributed by atoms with van der Waals surface area (Å²) in [5.74, 6) is 0. The van der Waals surface area contributed by atoms with Crippen LogP contribution in [0.15, 0.2) is 0 Å². The molecule has 0 aliphatic carbocycles. The zero-order valence-electron chi connectivity index (χ0n) is 9.58. The minimum atomic E-state index is -1.67. The van der Waals surface area contributed by atoms with E-state index in [0.717, 1.165) is 13.1 Å². The van der Waals surface area contributed by atoms with Crippen molar-refractivity contribution in [2.75, 3.05) is 54.6 Å². The fourth-order valence-electron chi connectivity index (χ4n) is 1.07. The minimum Gasteiger partial charge on any atom is -0.379 e. The summed E-state index contributed by atoms with van der Waals surface area (Å²) in [6.45, 7) is 4.74. The number of piperazine rings is 1. The lowest BCUT2D eigenvalue weighted by Gasteiger charge is -2.21. The molecule has 0 aromatic rings. The monoisotopic (exact) mass is 222 g/mol. The number of likely N-dealkylation sites (N-methyl/N-ethyl adjacent to an activating group) is 1. The zero-order chi connectivity index (χ0) is 10.8. The second-order valence-corrected chi connectivity index (χ2v) is 5.04. The van der Waals surface area contributed by atoms with Crippen LogP contribution in [0.5, 0.6) is 0 Å². The lowest BCUT2D eigenvalue weighted by atomic mass is 10.4. The summed E-state index contributed by atoms with van der Waals surface area (Å²) in [6, 6.07) is 0. The minimum absolute atomic E-state index is 1.16. The number of hydrogen-bond donors (Lipinski definition) is 1. The molecule has 1 aliphatic heterocycles. The lowest BCUT2D eigenvalue weighted by Crippen LogP contribution is -2.40. The van der Waals surface area contributed by atoms with Crippen molar-refractivity contribution in [2.45, 2.75) is 0 Å². The van der Waals surface area contributed by atoms with E-state index in [1.807, 2.05) is 0 Å². The Labute approximate surface area is 88.3 Å². The van der Waals surface area contributed by atoms with E-state index in [4.69, 9.17) is 13.3 Å². The second-order valence-electron chi connectivity index (χ2n) is 3.05. The van der Waals surface area contributed by atoms with Crippen LogP contribution < -0.4 is 5.32 Å². The second kappa shape index (κ2) is 9.57. The molecule has 1 fully saturated rings. The molecule has 1 aliphatic rings. The molecular weight excluding hydrogens is 200 g/mol. The number of rotatable bonds is 3. The molecule has 0 bridgehead atoms. The van der Waals surface area contributed by atoms with Crippen LogP contribution in [0.4, 0.5) is 0 Å². The van der Waals surface area contributed by atoms with E-state index in [9.17, 15) is 0 Å². The van der Waals surface area contributed by atoms with Gasteiger partial charge in [0, 0.05) is 47.5 Å². The highest BCUT2D eigenvalue weighted by molar-refractivity contribution is 6.36. The van der Waals surface area contributed by atoms with E-state index in [1.54, 1.807) is 21.3 Å². The van der Waals surface area contributed by atoms with Crippen molar-refractivity contribution >= 4 is 9.53 Å². The highest BCUT2D eigenvalue weighted by Crippen LogP contribution is 1.83. The molecule has 0 aromatic carbocycles. The van der Waals surface area contributed by atoms with Gasteiger partial charge < -0.3 is 23.5 Å². The van der Waals surface area contributed by atoms with Crippen LogP contribution in [0.2, 0.25) is 0 Å². The summed E-state index contributed by atoms with van der Waals surface area (Å²) >= 11 is 0. The van der Waals surface area contributed by atoms with Gasteiger partial charge in [0.25, 0.3) is 0 Å². The molecule has 0 amide bonds. The van der Waals surface area contributed by atoms with Gasteiger partial charge in [-0.3, -0.25) is 0 Å². The van der Waals surface area contributed by atoms with Gasteiger partial charge in [-0.2, -0.15) is 0 Å². The van der Waals surface area contributed by atoms with E-state index in [1.165, 1.54) is 13.1 Å². The maximum atomic E-state index is 4.74. The van der Waals surface area contributed by atoms with Crippen molar-refractivity contribution in [2.24, 2.45) is 0 Å². The molecule has 0 aromatic heterocycles. The predicted octanol–water partition coefficient (Wildman–Crippen LogP) is -0.836. The molecule has 0 saturated carbocycles.